The first-order valence-corrected chi connectivity index (χ1v) is 12.9. The first-order valence-electron chi connectivity index (χ1n) is 11.0. The van der Waals surface area contributed by atoms with Gasteiger partial charge in [-0.15, -0.1) is 0 Å². The summed E-state index contributed by atoms with van der Waals surface area (Å²) in [5.41, 5.74) is 7.05. The summed E-state index contributed by atoms with van der Waals surface area (Å²) in [5.74, 6) is -0.0793. The standard InChI is InChI=1S/C24H23N3O4.CH4O3S/c25-22(26)19-9-8-18-14-20(11-10-17(18)13-19)31-23(28)21-7-4-12-27(21)24(29)30-15-16-5-2-1-3-6-16;1-5(2,3)4/h1-3,5-6,8-11,13-14,21H,4,7,12,15H2,(H3,25,26);1H3,(H,2,3,4). The Morgan fingerprint density at radius 2 is 1.72 bits per heavy atom. The highest BCUT2D eigenvalue weighted by Crippen LogP contribution is 2.25. The number of likely N-dealkylation sites (tertiary alicyclic amines) is 1. The third-order valence-electron chi connectivity index (χ3n) is 5.31. The summed E-state index contributed by atoms with van der Waals surface area (Å²) < 4.78 is 36.8. The molecule has 1 unspecified atom stereocenters. The van der Waals surface area contributed by atoms with Gasteiger partial charge in [-0.2, -0.15) is 8.42 Å². The number of esters is 1. The fourth-order valence-corrected chi connectivity index (χ4v) is 3.67. The predicted molar refractivity (Wildman–Crippen MR) is 134 cm³/mol. The van der Waals surface area contributed by atoms with Crippen LogP contribution in [-0.2, 0) is 26.3 Å². The summed E-state index contributed by atoms with van der Waals surface area (Å²) in [7, 11) is -3.67. The van der Waals surface area contributed by atoms with Gasteiger partial charge < -0.3 is 15.2 Å². The Bertz CT molecular complexity index is 1350. The lowest BCUT2D eigenvalue weighted by molar-refractivity contribution is -0.139. The Kier molecular flexibility index (Phi) is 8.62. The van der Waals surface area contributed by atoms with Crippen molar-refractivity contribution in [3.05, 3.63) is 77.9 Å². The van der Waals surface area contributed by atoms with Crippen molar-refractivity contribution in [2.75, 3.05) is 12.8 Å². The van der Waals surface area contributed by atoms with E-state index in [1.165, 1.54) is 4.90 Å². The number of amidine groups is 1. The van der Waals surface area contributed by atoms with E-state index in [0.29, 0.717) is 37.0 Å². The van der Waals surface area contributed by atoms with Crippen LogP contribution in [0, 0.1) is 5.41 Å². The number of fused-ring (bicyclic) bond motifs is 1. The van der Waals surface area contributed by atoms with Gasteiger partial charge >= 0.3 is 12.1 Å². The molecule has 11 heteroatoms. The van der Waals surface area contributed by atoms with Crippen molar-refractivity contribution in [2.45, 2.75) is 25.5 Å². The minimum absolute atomic E-state index is 0.00196. The summed E-state index contributed by atoms with van der Waals surface area (Å²) in [6.45, 7) is 0.615. The van der Waals surface area contributed by atoms with Crippen molar-refractivity contribution in [3.63, 3.8) is 0 Å². The molecule has 4 N–H and O–H groups in total. The number of benzene rings is 3. The zero-order valence-electron chi connectivity index (χ0n) is 19.6. The zero-order chi connectivity index (χ0) is 26.3. The molecule has 0 spiro atoms. The molecule has 1 aliphatic rings. The molecule has 0 aromatic heterocycles. The molecule has 1 amide bonds. The highest BCUT2D eigenvalue weighted by molar-refractivity contribution is 7.85. The van der Waals surface area contributed by atoms with E-state index in [1.54, 1.807) is 18.2 Å². The van der Waals surface area contributed by atoms with Crippen LogP contribution in [0.5, 0.6) is 5.75 Å². The molecule has 0 radical (unpaired) electrons. The lowest BCUT2D eigenvalue weighted by atomic mass is 10.1. The van der Waals surface area contributed by atoms with Gasteiger partial charge in [-0.05, 0) is 47.4 Å². The van der Waals surface area contributed by atoms with Gasteiger partial charge in [0.2, 0.25) is 0 Å². The molecule has 36 heavy (non-hydrogen) atoms. The molecule has 1 fully saturated rings. The highest BCUT2D eigenvalue weighted by Gasteiger charge is 2.36. The number of nitrogen functional groups attached to an aromatic ring is 1. The molecular weight excluding hydrogens is 486 g/mol. The van der Waals surface area contributed by atoms with E-state index >= 15 is 0 Å². The Morgan fingerprint density at radius 3 is 2.39 bits per heavy atom. The van der Waals surface area contributed by atoms with Crippen LogP contribution in [-0.4, -0.2) is 54.6 Å². The predicted octanol–water partition coefficient (Wildman–Crippen LogP) is 3.33. The first kappa shape index (κ1) is 26.6. The van der Waals surface area contributed by atoms with Gasteiger partial charge in [0, 0.05) is 12.1 Å². The molecule has 1 atom stereocenters. The van der Waals surface area contributed by atoms with Crippen LogP contribution in [0.4, 0.5) is 4.79 Å². The third kappa shape index (κ3) is 7.79. The van der Waals surface area contributed by atoms with Crippen molar-refractivity contribution < 1.29 is 32.0 Å². The number of nitrogens with two attached hydrogens (primary N) is 1. The van der Waals surface area contributed by atoms with Gasteiger partial charge in [-0.3, -0.25) is 14.9 Å². The largest absolute Gasteiger partial charge is 0.445 e. The average molecular weight is 514 g/mol. The van der Waals surface area contributed by atoms with Crippen molar-refractivity contribution in [2.24, 2.45) is 5.73 Å². The van der Waals surface area contributed by atoms with Gasteiger partial charge in [0.15, 0.2) is 0 Å². The van der Waals surface area contributed by atoms with Gasteiger partial charge in [0.1, 0.15) is 24.2 Å². The molecule has 0 aliphatic carbocycles. The van der Waals surface area contributed by atoms with Gasteiger partial charge in [0.05, 0.1) is 6.26 Å². The minimum atomic E-state index is -3.67. The number of nitrogens with zero attached hydrogens (tertiary/aromatic N) is 1. The maximum Gasteiger partial charge on any atom is 0.410 e. The van der Waals surface area contributed by atoms with Gasteiger partial charge in [-0.1, -0.05) is 48.5 Å². The summed E-state index contributed by atoms with van der Waals surface area (Å²) in [4.78, 5) is 26.7. The maximum absolute atomic E-state index is 12.8. The maximum atomic E-state index is 12.8. The Morgan fingerprint density at radius 1 is 1.08 bits per heavy atom. The fraction of sp³-hybridized carbons (Fsp3) is 0.240. The normalized spacial score (nSPS) is 15.1. The van der Waals surface area contributed by atoms with Crippen molar-refractivity contribution >= 4 is 38.8 Å². The van der Waals surface area contributed by atoms with Crippen LogP contribution >= 0.6 is 0 Å². The van der Waals surface area contributed by atoms with E-state index in [-0.39, 0.29) is 12.4 Å². The number of amides is 1. The second-order valence-electron chi connectivity index (χ2n) is 8.18. The number of hydrogen-bond donors (Lipinski definition) is 3. The SMILES string of the molecule is CS(=O)(=O)O.N=C(N)c1ccc2cc(OC(=O)C3CCCN3C(=O)OCc3ccccc3)ccc2c1. The number of hydrogen-bond acceptors (Lipinski definition) is 7. The molecule has 1 aliphatic heterocycles. The molecular formula is C25H27N3O7S. The summed E-state index contributed by atoms with van der Waals surface area (Å²) in [5, 5.41) is 9.29. The summed E-state index contributed by atoms with van der Waals surface area (Å²) in [6.07, 6.45) is 1.45. The van der Waals surface area contributed by atoms with E-state index < -0.39 is 28.2 Å². The van der Waals surface area contributed by atoms with Crippen molar-refractivity contribution in [3.8, 4) is 5.75 Å². The number of rotatable bonds is 5. The lowest BCUT2D eigenvalue weighted by Crippen LogP contribution is -2.42. The molecule has 4 rings (SSSR count). The second-order valence-corrected chi connectivity index (χ2v) is 9.65. The van der Waals surface area contributed by atoms with E-state index in [4.69, 9.17) is 25.2 Å². The summed E-state index contributed by atoms with van der Waals surface area (Å²) >= 11 is 0. The van der Waals surface area contributed by atoms with Crippen molar-refractivity contribution in [1.29, 1.82) is 5.41 Å². The molecule has 3 aromatic rings. The van der Waals surface area contributed by atoms with Crippen LogP contribution in [0.2, 0.25) is 0 Å². The molecule has 10 nitrogen and oxygen atoms in total. The second kappa shape index (κ2) is 11.6. The van der Waals surface area contributed by atoms with E-state index in [1.807, 2.05) is 48.5 Å². The monoisotopic (exact) mass is 513 g/mol. The van der Waals surface area contributed by atoms with Gasteiger partial charge in [0.25, 0.3) is 10.1 Å². The molecule has 1 saturated heterocycles. The average Bonchev–Trinajstić information content (AvgIpc) is 3.32. The Hall–Kier alpha value is -3.96. The van der Waals surface area contributed by atoms with Gasteiger partial charge in [-0.25, -0.2) is 9.59 Å². The van der Waals surface area contributed by atoms with Crippen LogP contribution in [0.25, 0.3) is 10.8 Å². The quantitative estimate of drug-likeness (QED) is 0.154. The highest BCUT2D eigenvalue weighted by atomic mass is 32.2. The smallest absolute Gasteiger partial charge is 0.410 e. The summed E-state index contributed by atoms with van der Waals surface area (Å²) in [6, 6.07) is 19.4. The van der Waals surface area contributed by atoms with Crippen LogP contribution in [0.1, 0.15) is 24.0 Å². The molecule has 3 aromatic carbocycles. The van der Waals surface area contributed by atoms with E-state index in [2.05, 4.69) is 0 Å². The third-order valence-corrected chi connectivity index (χ3v) is 5.31. The number of ether oxygens (including phenoxy) is 2. The Balaban J connectivity index is 0.000000658. The fourth-order valence-electron chi connectivity index (χ4n) is 3.67. The number of nitrogens with one attached hydrogen (secondary N) is 1. The molecule has 190 valence electrons. The molecule has 1 heterocycles. The molecule has 0 saturated carbocycles. The first-order chi connectivity index (χ1) is 17.0. The zero-order valence-corrected chi connectivity index (χ0v) is 20.4. The topological polar surface area (TPSA) is 160 Å². The van der Waals surface area contributed by atoms with E-state index in [0.717, 1.165) is 16.3 Å². The lowest BCUT2D eigenvalue weighted by Gasteiger charge is -2.22. The Labute approximate surface area is 208 Å². The van der Waals surface area contributed by atoms with E-state index in [9.17, 15) is 18.0 Å². The van der Waals surface area contributed by atoms with Crippen LogP contribution in [0.15, 0.2) is 66.7 Å². The van der Waals surface area contributed by atoms with Crippen LogP contribution in [0.3, 0.4) is 0 Å². The number of carbonyl (C=O) groups excluding carboxylic acids is 2. The molecule has 0 bridgehead atoms. The minimum Gasteiger partial charge on any atom is -0.445 e. The number of carbonyl (C=O) groups is 2. The van der Waals surface area contributed by atoms with Crippen LogP contribution < -0.4 is 10.5 Å². The van der Waals surface area contributed by atoms with Crippen molar-refractivity contribution in [1.82, 2.24) is 4.90 Å².